The normalized spacial score (nSPS) is 10.8. The van der Waals surface area contributed by atoms with Crippen molar-refractivity contribution in [3.8, 4) is 5.75 Å². The lowest BCUT2D eigenvalue weighted by atomic mass is 10.1. The standard InChI is InChI=1S/C22H21N3O/c1-2-9-21-19(6-1)7-4-10-22(21)24-16-18-5-3-8-20(15-18)26-14-13-25-12-11-23-17-25/h1-12,15,17,24H,13-14,16H2. The zero-order chi connectivity index (χ0) is 17.6. The molecule has 3 aromatic carbocycles. The van der Waals surface area contributed by atoms with E-state index in [-0.39, 0.29) is 0 Å². The molecule has 1 N–H and O–H groups in total. The van der Waals surface area contributed by atoms with Crippen molar-refractivity contribution in [3.05, 3.63) is 91.0 Å². The minimum absolute atomic E-state index is 0.622. The van der Waals surface area contributed by atoms with Gasteiger partial charge >= 0.3 is 0 Å². The van der Waals surface area contributed by atoms with E-state index in [0.29, 0.717) is 6.61 Å². The fourth-order valence-electron chi connectivity index (χ4n) is 3.01. The Morgan fingerprint density at radius 2 is 1.85 bits per heavy atom. The lowest BCUT2D eigenvalue weighted by molar-refractivity contribution is 0.298. The molecule has 0 fully saturated rings. The Morgan fingerprint density at radius 1 is 0.962 bits per heavy atom. The number of rotatable bonds is 7. The zero-order valence-electron chi connectivity index (χ0n) is 14.5. The van der Waals surface area contributed by atoms with E-state index in [0.717, 1.165) is 24.5 Å². The summed E-state index contributed by atoms with van der Waals surface area (Å²) < 4.78 is 7.87. The second kappa shape index (κ2) is 7.74. The van der Waals surface area contributed by atoms with Crippen LogP contribution in [0.4, 0.5) is 5.69 Å². The second-order valence-corrected chi connectivity index (χ2v) is 6.18. The van der Waals surface area contributed by atoms with Crippen LogP contribution in [-0.2, 0) is 13.1 Å². The van der Waals surface area contributed by atoms with Crippen LogP contribution in [0.15, 0.2) is 85.5 Å². The Kier molecular flexibility index (Phi) is 4.83. The first-order valence-electron chi connectivity index (χ1n) is 8.77. The number of imidazole rings is 1. The number of ether oxygens (including phenoxy) is 1. The molecule has 0 saturated heterocycles. The third kappa shape index (κ3) is 3.86. The van der Waals surface area contributed by atoms with Crippen molar-refractivity contribution in [1.29, 1.82) is 0 Å². The molecule has 130 valence electrons. The predicted octanol–water partition coefficient (Wildman–Crippen LogP) is 4.73. The average Bonchev–Trinajstić information content (AvgIpc) is 3.20. The van der Waals surface area contributed by atoms with Gasteiger partial charge < -0.3 is 14.6 Å². The van der Waals surface area contributed by atoms with Crippen LogP contribution < -0.4 is 10.1 Å². The largest absolute Gasteiger partial charge is 0.492 e. The fourth-order valence-corrected chi connectivity index (χ4v) is 3.01. The SMILES string of the molecule is c1cc(CNc2cccc3ccccc23)cc(OCCn2ccnc2)c1. The number of fused-ring (bicyclic) bond motifs is 1. The van der Waals surface area contributed by atoms with Crippen LogP contribution in [0.25, 0.3) is 10.8 Å². The Balaban J connectivity index is 1.39. The molecule has 0 unspecified atom stereocenters. The maximum absolute atomic E-state index is 5.87. The molecule has 0 radical (unpaired) electrons. The minimum atomic E-state index is 0.622. The molecule has 4 heteroatoms. The van der Waals surface area contributed by atoms with E-state index < -0.39 is 0 Å². The summed E-state index contributed by atoms with van der Waals surface area (Å²) in [5.41, 5.74) is 2.34. The Labute approximate surface area is 153 Å². The third-order valence-electron chi connectivity index (χ3n) is 4.35. The van der Waals surface area contributed by atoms with E-state index in [4.69, 9.17) is 4.74 Å². The first-order valence-corrected chi connectivity index (χ1v) is 8.77. The molecule has 1 heterocycles. The Morgan fingerprint density at radius 3 is 2.77 bits per heavy atom. The summed E-state index contributed by atoms with van der Waals surface area (Å²) in [7, 11) is 0. The molecule has 4 aromatic rings. The summed E-state index contributed by atoms with van der Waals surface area (Å²) in [4.78, 5) is 4.04. The second-order valence-electron chi connectivity index (χ2n) is 6.18. The van der Waals surface area contributed by atoms with E-state index in [2.05, 4.69) is 64.9 Å². The smallest absolute Gasteiger partial charge is 0.119 e. The van der Waals surface area contributed by atoms with Gasteiger partial charge in [-0.2, -0.15) is 0 Å². The lowest BCUT2D eigenvalue weighted by Crippen LogP contribution is -2.07. The van der Waals surface area contributed by atoms with Crippen LogP contribution in [-0.4, -0.2) is 16.2 Å². The summed E-state index contributed by atoms with van der Waals surface area (Å²) in [6.07, 6.45) is 5.52. The van der Waals surface area contributed by atoms with Gasteiger partial charge in [0.1, 0.15) is 12.4 Å². The van der Waals surface area contributed by atoms with Crippen molar-refractivity contribution >= 4 is 16.5 Å². The summed E-state index contributed by atoms with van der Waals surface area (Å²) >= 11 is 0. The highest BCUT2D eigenvalue weighted by Gasteiger charge is 2.02. The molecule has 0 spiro atoms. The van der Waals surface area contributed by atoms with E-state index in [1.54, 1.807) is 12.5 Å². The van der Waals surface area contributed by atoms with Crippen molar-refractivity contribution in [2.24, 2.45) is 0 Å². The van der Waals surface area contributed by atoms with Gasteiger partial charge in [-0.05, 0) is 29.1 Å². The first-order chi connectivity index (χ1) is 12.9. The highest BCUT2D eigenvalue weighted by Crippen LogP contribution is 2.24. The number of anilines is 1. The van der Waals surface area contributed by atoms with E-state index in [1.165, 1.54) is 16.3 Å². The maximum atomic E-state index is 5.87. The molecular formula is C22H21N3O. The molecule has 4 nitrogen and oxygen atoms in total. The molecule has 0 bridgehead atoms. The molecule has 26 heavy (non-hydrogen) atoms. The lowest BCUT2D eigenvalue weighted by Gasteiger charge is -2.11. The maximum Gasteiger partial charge on any atom is 0.119 e. The molecule has 0 saturated carbocycles. The van der Waals surface area contributed by atoms with Crippen LogP contribution >= 0.6 is 0 Å². The molecule has 0 aliphatic carbocycles. The van der Waals surface area contributed by atoms with Crippen molar-refractivity contribution in [2.45, 2.75) is 13.1 Å². The number of aromatic nitrogens is 2. The number of benzene rings is 3. The predicted molar refractivity (Wildman–Crippen MR) is 105 cm³/mol. The van der Waals surface area contributed by atoms with Crippen LogP contribution in [0.3, 0.4) is 0 Å². The highest BCUT2D eigenvalue weighted by atomic mass is 16.5. The van der Waals surface area contributed by atoms with Gasteiger partial charge in [0.25, 0.3) is 0 Å². The molecule has 0 atom stereocenters. The quantitative estimate of drug-likeness (QED) is 0.527. The summed E-state index contributed by atoms with van der Waals surface area (Å²) in [6, 6.07) is 23.0. The van der Waals surface area contributed by atoms with E-state index in [1.807, 2.05) is 22.9 Å². The molecule has 4 rings (SSSR count). The summed E-state index contributed by atoms with van der Waals surface area (Å²) in [6.45, 7) is 2.17. The number of hydrogen-bond acceptors (Lipinski definition) is 3. The molecular weight excluding hydrogens is 322 g/mol. The van der Waals surface area contributed by atoms with E-state index >= 15 is 0 Å². The fraction of sp³-hybridized carbons (Fsp3) is 0.136. The van der Waals surface area contributed by atoms with Crippen LogP contribution in [0.5, 0.6) is 5.75 Å². The van der Waals surface area contributed by atoms with Crippen molar-refractivity contribution in [1.82, 2.24) is 9.55 Å². The van der Waals surface area contributed by atoms with Gasteiger partial charge in [-0.15, -0.1) is 0 Å². The topological polar surface area (TPSA) is 39.1 Å². The van der Waals surface area contributed by atoms with Gasteiger partial charge in [-0.25, -0.2) is 4.98 Å². The third-order valence-corrected chi connectivity index (χ3v) is 4.35. The molecule has 0 amide bonds. The Hall–Kier alpha value is -3.27. The van der Waals surface area contributed by atoms with E-state index in [9.17, 15) is 0 Å². The van der Waals surface area contributed by atoms with Gasteiger partial charge in [-0.1, -0.05) is 48.5 Å². The van der Waals surface area contributed by atoms with Gasteiger partial charge in [0.05, 0.1) is 12.9 Å². The van der Waals surface area contributed by atoms with Crippen LogP contribution in [0, 0.1) is 0 Å². The number of hydrogen-bond donors (Lipinski definition) is 1. The Bertz CT molecular complexity index is 974. The van der Waals surface area contributed by atoms with Gasteiger partial charge in [0.15, 0.2) is 0 Å². The zero-order valence-corrected chi connectivity index (χ0v) is 14.5. The van der Waals surface area contributed by atoms with Crippen molar-refractivity contribution in [2.75, 3.05) is 11.9 Å². The van der Waals surface area contributed by atoms with Gasteiger partial charge in [0, 0.05) is 30.0 Å². The molecule has 0 aliphatic rings. The average molecular weight is 343 g/mol. The van der Waals surface area contributed by atoms with Gasteiger partial charge in [0.2, 0.25) is 0 Å². The summed E-state index contributed by atoms with van der Waals surface area (Å²) in [5.74, 6) is 0.891. The molecule has 1 aromatic heterocycles. The monoisotopic (exact) mass is 343 g/mol. The molecule has 0 aliphatic heterocycles. The van der Waals surface area contributed by atoms with Crippen LogP contribution in [0.2, 0.25) is 0 Å². The first kappa shape index (κ1) is 16.2. The van der Waals surface area contributed by atoms with Gasteiger partial charge in [-0.3, -0.25) is 0 Å². The summed E-state index contributed by atoms with van der Waals surface area (Å²) in [5, 5.41) is 6.02. The van der Waals surface area contributed by atoms with Crippen LogP contribution in [0.1, 0.15) is 5.56 Å². The van der Waals surface area contributed by atoms with Crippen molar-refractivity contribution in [3.63, 3.8) is 0 Å². The minimum Gasteiger partial charge on any atom is -0.492 e. The number of nitrogens with zero attached hydrogens (tertiary/aromatic N) is 2. The van der Waals surface area contributed by atoms with Crippen molar-refractivity contribution < 1.29 is 4.74 Å². The highest BCUT2D eigenvalue weighted by molar-refractivity contribution is 5.93. The number of nitrogens with one attached hydrogen (secondary N) is 1.